The van der Waals surface area contributed by atoms with E-state index in [1.807, 2.05) is 46.9 Å². The summed E-state index contributed by atoms with van der Waals surface area (Å²) in [6.07, 6.45) is 3.16. The normalized spacial score (nSPS) is 13.8. The van der Waals surface area contributed by atoms with Crippen molar-refractivity contribution >= 4 is 0 Å². The molecule has 0 aliphatic carbocycles. The molecule has 3 nitrogen and oxygen atoms in total. The van der Waals surface area contributed by atoms with E-state index in [1.54, 1.807) is 0 Å². The number of hydrogen-bond donors (Lipinski definition) is 0. The molecule has 1 fully saturated rings. The van der Waals surface area contributed by atoms with Crippen LogP contribution in [0.3, 0.4) is 0 Å². The van der Waals surface area contributed by atoms with Crippen LogP contribution in [0.4, 0.5) is 0 Å². The van der Waals surface area contributed by atoms with Crippen molar-refractivity contribution in [2.75, 3.05) is 13.1 Å². The Morgan fingerprint density at radius 2 is 1.81 bits per heavy atom. The van der Waals surface area contributed by atoms with Crippen molar-refractivity contribution < 1.29 is 0 Å². The molecule has 1 saturated heterocycles. The van der Waals surface area contributed by atoms with Gasteiger partial charge in [-0.1, -0.05) is 27.7 Å². The van der Waals surface area contributed by atoms with Gasteiger partial charge in [0.15, 0.2) is 0 Å². The summed E-state index contributed by atoms with van der Waals surface area (Å²) < 4.78 is 0. The van der Waals surface area contributed by atoms with Gasteiger partial charge in [0.2, 0.25) is 0 Å². The van der Waals surface area contributed by atoms with Crippen molar-refractivity contribution in [3.05, 3.63) is 23.8 Å². The van der Waals surface area contributed by atoms with E-state index in [9.17, 15) is 0 Å². The second kappa shape index (κ2) is 9.28. The summed E-state index contributed by atoms with van der Waals surface area (Å²) in [5, 5.41) is 0. The van der Waals surface area contributed by atoms with Crippen LogP contribution in [0.1, 0.15) is 45.6 Å². The predicted molar refractivity (Wildman–Crippen MR) is 69.4 cm³/mol. The Labute approximate surface area is 99.9 Å². The van der Waals surface area contributed by atoms with Crippen LogP contribution in [0.25, 0.3) is 0 Å². The van der Waals surface area contributed by atoms with E-state index in [-0.39, 0.29) is 0 Å². The summed E-state index contributed by atoms with van der Waals surface area (Å²) in [5.41, 5.74) is 1.06. The van der Waals surface area contributed by atoms with Crippen molar-refractivity contribution in [3.63, 3.8) is 0 Å². The molecule has 1 aliphatic heterocycles. The van der Waals surface area contributed by atoms with Crippen LogP contribution >= 0.6 is 0 Å². The Morgan fingerprint density at radius 1 is 1.19 bits per heavy atom. The Bertz CT molecular complexity index is 270. The van der Waals surface area contributed by atoms with Gasteiger partial charge in [-0.25, -0.2) is 9.97 Å². The van der Waals surface area contributed by atoms with E-state index in [4.69, 9.17) is 0 Å². The number of aromatic nitrogens is 2. The molecule has 1 aromatic rings. The topological polar surface area (TPSA) is 29.0 Å². The fourth-order valence-corrected chi connectivity index (χ4v) is 1.32. The fraction of sp³-hybridized carbons (Fsp3) is 0.692. The van der Waals surface area contributed by atoms with Gasteiger partial charge in [0.25, 0.3) is 0 Å². The van der Waals surface area contributed by atoms with Crippen LogP contribution in [-0.2, 0) is 6.54 Å². The average Bonchev–Trinajstić information content (AvgIpc) is 2.29. The summed E-state index contributed by atoms with van der Waals surface area (Å²) >= 11 is 0. The molecule has 92 valence electrons. The molecule has 0 amide bonds. The number of rotatable bonds is 2. The summed E-state index contributed by atoms with van der Waals surface area (Å²) in [4.78, 5) is 10.9. The van der Waals surface area contributed by atoms with Crippen LogP contribution in [0.2, 0.25) is 0 Å². The van der Waals surface area contributed by atoms with Gasteiger partial charge in [-0.15, -0.1) is 0 Å². The summed E-state index contributed by atoms with van der Waals surface area (Å²) in [7, 11) is 0. The highest BCUT2D eigenvalue weighted by molar-refractivity contribution is 4.99. The standard InChI is InChI=1S/C9H13N3.2C2H6/c1-8-3-4-10-9(11-8)7-12-5-2-6-12;2*1-2/h3-4H,2,5-7H2,1H3;2*1-2H3. The first kappa shape index (κ1) is 15.0. The molecule has 0 aromatic carbocycles. The number of nitrogens with zero attached hydrogens (tertiary/aromatic N) is 3. The molecule has 3 heteroatoms. The minimum Gasteiger partial charge on any atom is -0.296 e. The van der Waals surface area contributed by atoms with Crippen LogP contribution in [0.15, 0.2) is 12.3 Å². The highest BCUT2D eigenvalue weighted by Crippen LogP contribution is 2.08. The molecule has 0 unspecified atom stereocenters. The first-order valence-corrected chi connectivity index (χ1v) is 6.35. The SMILES string of the molecule is CC.CC.Cc1ccnc(CN2CCC2)n1. The Kier molecular flexibility index (Phi) is 8.72. The molecule has 0 saturated carbocycles. The molecular weight excluding hydrogens is 198 g/mol. The van der Waals surface area contributed by atoms with Gasteiger partial charge in [-0.05, 0) is 32.5 Å². The van der Waals surface area contributed by atoms with Crippen molar-refractivity contribution in [1.82, 2.24) is 14.9 Å². The number of aryl methyl sites for hydroxylation is 1. The van der Waals surface area contributed by atoms with Gasteiger partial charge in [-0.2, -0.15) is 0 Å². The summed E-state index contributed by atoms with van der Waals surface area (Å²) in [6, 6.07) is 1.93. The lowest BCUT2D eigenvalue weighted by Gasteiger charge is -2.29. The molecule has 0 spiro atoms. The molecule has 1 aromatic heterocycles. The lowest BCUT2D eigenvalue weighted by Crippen LogP contribution is -2.36. The molecule has 0 radical (unpaired) electrons. The Hall–Kier alpha value is -0.960. The molecule has 0 N–H and O–H groups in total. The second-order valence-corrected chi connectivity index (χ2v) is 3.24. The monoisotopic (exact) mass is 223 g/mol. The van der Waals surface area contributed by atoms with E-state index in [0.29, 0.717) is 0 Å². The quantitative estimate of drug-likeness (QED) is 0.771. The van der Waals surface area contributed by atoms with Gasteiger partial charge in [0.1, 0.15) is 5.82 Å². The molecule has 16 heavy (non-hydrogen) atoms. The van der Waals surface area contributed by atoms with Crippen molar-refractivity contribution in [3.8, 4) is 0 Å². The Balaban J connectivity index is 0.000000509. The average molecular weight is 223 g/mol. The van der Waals surface area contributed by atoms with E-state index in [1.165, 1.54) is 19.5 Å². The van der Waals surface area contributed by atoms with E-state index >= 15 is 0 Å². The lowest BCUT2D eigenvalue weighted by molar-refractivity contribution is 0.168. The summed E-state index contributed by atoms with van der Waals surface area (Å²) in [5.74, 6) is 0.953. The zero-order valence-corrected chi connectivity index (χ0v) is 11.3. The van der Waals surface area contributed by atoms with Gasteiger partial charge >= 0.3 is 0 Å². The lowest BCUT2D eigenvalue weighted by atomic mass is 10.2. The van der Waals surface area contributed by atoms with Crippen LogP contribution in [-0.4, -0.2) is 28.0 Å². The first-order chi connectivity index (χ1) is 7.84. The van der Waals surface area contributed by atoms with Gasteiger partial charge in [-0.3, -0.25) is 4.90 Å². The number of hydrogen-bond acceptors (Lipinski definition) is 3. The minimum atomic E-state index is 0.918. The van der Waals surface area contributed by atoms with Crippen molar-refractivity contribution in [2.24, 2.45) is 0 Å². The van der Waals surface area contributed by atoms with Crippen molar-refractivity contribution in [1.29, 1.82) is 0 Å². The third-order valence-corrected chi connectivity index (χ3v) is 2.16. The smallest absolute Gasteiger partial charge is 0.142 e. The zero-order valence-electron chi connectivity index (χ0n) is 11.3. The molecule has 2 heterocycles. The first-order valence-electron chi connectivity index (χ1n) is 6.35. The largest absolute Gasteiger partial charge is 0.296 e. The molecular formula is C13H25N3. The molecule has 0 atom stereocenters. The van der Waals surface area contributed by atoms with Gasteiger partial charge in [0.05, 0.1) is 6.54 Å². The highest BCUT2D eigenvalue weighted by Gasteiger charge is 2.14. The van der Waals surface area contributed by atoms with Crippen LogP contribution in [0, 0.1) is 6.92 Å². The molecule has 1 aliphatic rings. The molecule has 0 bridgehead atoms. The maximum Gasteiger partial charge on any atom is 0.142 e. The minimum absolute atomic E-state index is 0.918. The van der Waals surface area contributed by atoms with Gasteiger partial charge in [0, 0.05) is 11.9 Å². The van der Waals surface area contributed by atoms with Crippen LogP contribution in [0.5, 0.6) is 0 Å². The van der Waals surface area contributed by atoms with Gasteiger partial charge < -0.3 is 0 Å². The summed E-state index contributed by atoms with van der Waals surface area (Å²) in [6.45, 7) is 13.3. The maximum absolute atomic E-state index is 4.34. The zero-order chi connectivity index (χ0) is 12.4. The second-order valence-electron chi connectivity index (χ2n) is 3.24. The van der Waals surface area contributed by atoms with E-state index in [2.05, 4.69) is 14.9 Å². The predicted octanol–water partition coefficient (Wildman–Crippen LogP) is 3.04. The third kappa shape index (κ3) is 5.21. The molecule has 2 rings (SSSR count). The Morgan fingerprint density at radius 3 is 2.25 bits per heavy atom. The number of likely N-dealkylation sites (tertiary alicyclic amines) is 1. The maximum atomic E-state index is 4.34. The van der Waals surface area contributed by atoms with Crippen LogP contribution < -0.4 is 0 Å². The third-order valence-electron chi connectivity index (χ3n) is 2.16. The highest BCUT2D eigenvalue weighted by atomic mass is 15.2. The van der Waals surface area contributed by atoms with E-state index < -0.39 is 0 Å². The van der Waals surface area contributed by atoms with Crippen molar-refractivity contribution in [2.45, 2.75) is 47.6 Å². The van der Waals surface area contributed by atoms with E-state index in [0.717, 1.165) is 18.1 Å². The fourth-order valence-electron chi connectivity index (χ4n) is 1.32.